The highest BCUT2D eigenvalue weighted by molar-refractivity contribution is 6.99. The first-order chi connectivity index (χ1) is 14.3. The van der Waals surface area contributed by atoms with Crippen LogP contribution in [0.25, 0.3) is 0 Å². The zero-order chi connectivity index (χ0) is 21.8. The Morgan fingerprint density at radius 1 is 0.833 bits per heavy atom. The largest absolute Gasteiger partial charge is 0.403 e. The molecule has 0 heterocycles. The third-order valence-electron chi connectivity index (χ3n) is 5.65. The van der Waals surface area contributed by atoms with Gasteiger partial charge >= 0.3 is 0 Å². The van der Waals surface area contributed by atoms with Crippen LogP contribution in [0.2, 0.25) is 5.04 Å². The maximum atomic E-state index is 12.3. The predicted octanol–water partition coefficient (Wildman–Crippen LogP) is 3.62. The van der Waals surface area contributed by atoms with E-state index in [-0.39, 0.29) is 10.8 Å². The highest BCUT2D eigenvalue weighted by atomic mass is 28.4. The second-order valence-corrected chi connectivity index (χ2v) is 12.8. The number of hydrogen-bond donors (Lipinski definition) is 0. The summed E-state index contributed by atoms with van der Waals surface area (Å²) in [6.07, 6.45) is 5.00. The molecule has 0 unspecified atom stereocenters. The zero-order valence-corrected chi connectivity index (χ0v) is 19.3. The summed E-state index contributed by atoms with van der Waals surface area (Å²) in [6.45, 7) is 7.07. The van der Waals surface area contributed by atoms with Crippen molar-refractivity contribution >= 4 is 24.5 Å². The van der Waals surface area contributed by atoms with E-state index in [2.05, 4.69) is 69.3 Å². The van der Waals surface area contributed by atoms with Crippen molar-refractivity contribution < 1.29 is 18.7 Å². The molecular formula is C25H30O4Si. The maximum absolute atomic E-state index is 12.3. The molecule has 0 fully saturated rings. The molecule has 0 bridgehead atoms. The van der Waals surface area contributed by atoms with Gasteiger partial charge in [-0.2, -0.15) is 0 Å². The average molecular weight is 423 g/mol. The number of carbonyl (C=O) groups is 1. The fourth-order valence-corrected chi connectivity index (χ4v) is 8.65. The monoisotopic (exact) mass is 422 g/mol. The van der Waals surface area contributed by atoms with Crippen LogP contribution >= 0.6 is 0 Å². The Labute approximate surface area is 180 Å². The minimum atomic E-state index is -2.66. The topological polar surface area (TPSA) is 44.8 Å². The number of benzene rings is 2. The molecule has 158 valence electrons. The van der Waals surface area contributed by atoms with Crippen LogP contribution < -0.4 is 10.4 Å². The zero-order valence-electron chi connectivity index (χ0n) is 18.3. The molecule has 0 N–H and O–H groups in total. The van der Waals surface area contributed by atoms with E-state index in [9.17, 15) is 4.79 Å². The summed E-state index contributed by atoms with van der Waals surface area (Å²) in [7, 11) is 0.282. The third kappa shape index (κ3) is 3.98. The van der Waals surface area contributed by atoms with Crippen molar-refractivity contribution in [3.63, 3.8) is 0 Å². The number of hydrogen-bond acceptors (Lipinski definition) is 4. The average Bonchev–Trinajstić information content (AvgIpc) is 2.76. The molecule has 2 aromatic carbocycles. The summed E-state index contributed by atoms with van der Waals surface area (Å²) in [4.78, 5) is 12.3. The van der Waals surface area contributed by atoms with Crippen molar-refractivity contribution in [2.45, 2.75) is 31.6 Å². The van der Waals surface area contributed by atoms with Gasteiger partial charge in [0, 0.05) is 14.2 Å². The minimum absolute atomic E-state index is 0.121. The smallest absolute Gasteiger partial charge is 0.261 e. The first-order valence-corrected chi connectivity index (χ1v) is 12.0. The SMILES string of the molecule is COC1(OC)C=C(CO[Si](c2ccccc2)(c2ccccc2)C(C)(C)C)C=CC1=O. The number of ketones is 1. The molecule has 0 aliphatic heterocycles. The van der Waals surface area contributed by atoms with Gasteiger partial charge in [0.05, 0.1) is 6.61 Å². The highest BCUT2D eigenvalue weighted by Gasteiger charge is 2.50. The van der Waals surface area contributed by atoms with Gasteiger partial charge in [0.25, 0.3) is 14.1 Å². The molecule has 0 atom stereocenters. The molecule has 30 heavy (non-hydrogen) atoms. The van der Waals surface area contributed by atoms with E-state index in [1.54, 1.807) is 12.2 Å². The molecule has 1 aliphatic rings. The maximum Gasteiger partial charge on any atom is 0.261 e. The van der Waals surface area contributed by atoms with Crippen LogP contribution in [0, 0.1) is 0 Å². The molecular weight excluding hydrogens is 392 g/mol. The van der Waals surface area contributed by atoms with Crippen molar-refractivity contribution in [2.75, 3.05) is 20.8 Å². The highest BCUT2D eigenvalue weighted by Crippen LogP contribution is 2.37. The van der Waals surface area contributed by atoms with Crippen LogP contribution in [0.4, 0.5) is 0 Å². The molecule has 0 spiro atoms. The molecule has 4 nitrogen and oxygen atoms in total. The van der Waals surface area contributed by atoms with Gasteiger partial charge < -0.3 is 13.9 Å². The van der Waals surface area contributed by atoms with Crippen molar-refractivity contribution in [1.82, 2.24) is 0 Å². The molecule has 1 aliphatic carbocycles. The third-order valence-corrected chi connectivity index (χ3v) is 10.6. The predicted molar refractivity (Wildman–Crippen MR) is 123 cm³/mol. The molecule has 5 heteroatoms. The Morgan fingerprint density at radius 3 is 1.77 bits per heavy atom. The summed E-state index contributed by atoms with van der Waals surface area (Å²) in [5.74, 6) is -1.62. The van der Waals surface area contributed by atoms with Crippen molar-refractivity contribution in [2.24, 2.45) is 0 Å². The minimum Gasteiger partial charge on any atom is -0.403 e. The van der Waals surface area contributed by atoms with Gasteiger partial charge in [-0.3, -0.25) is 4.79 Å². The van der Waals surface area contributed by atoms with Crippen LogP contribution in [0.15, 0.2) is 84.5 Å². The van der Waals surface area contributed by atoms with Gasteiger partial charge in [0.15, 0.2) is 0 Å². The van der Waals surface area contributed by atoms with Gasteiger partial charge in [-0.1, -0.05) is 87.5 Å². The second-order valence-electron chi connectivity index (χ2n) is 8.44. The first-order valence-electron chi connectivity index (χ1n) is 10.1. The lowest BCUT2D eigenvalue weighted by molar-refractivity contribution is -0.181. The Morgan fingerprint density at radius 2 is 1.33 bits per heavy atom. The van der Waals surface area contributed by atoms with E-state index in [0.29, 0.717) is 6.61 Å². The van der Waals surface area contributed by atoms with Crippen LogP contribution in [0.3, 0.4) is 0 Å². The number of rotatable bonds is 7. The number of methoxy groups -OCH3 is 2. The number of ether oxygens (including phenoxy) is 2. The summed E-state index contributed by atoms with van der Waals surface area (Å²) in [5, 5.41) is 2.30. The quantitative estimate of drug-likeness (QED) is 0.505. The summed E-state index contributed by atoms with van der Waals surface area (Å²) < 4.78 is 17.7. The van der Waals surface area contributed by atoms with Crippen molar-refractivity contribution in [1.29, 1.82) is 0 Å². The Bertz CT molecular complexity index is 883. The molecule has 3 rings (SSSR count). The molecule has 2 aromatic rings. The Balaban J connectivity index is 2.07. The fraction of sp³-hybridized carbons (Fsp3) is 0.320. The summed E-state index contributed by atoms with van der Waals surface area (Å²) in [6, 6.07) is 21.0. The second kappa shape index (κ2) is 8.82. The summed E-state index contributed by atoms with van der Waals surface area (Å²) in [5.41, 5.74) is 0.853. The van der Waals surface area contributed by atoms with E-state index in [0.717, 1.165) is 5.57 Å². The Hall–Kier alpha value is -2.31. The standard InChI is InChI=1S/C25H30O4Si/c1-24(2,3)30(21-12-8-6-9-13-21,22-14-10-7-11-15-22)29-19-20-16-17-23(26)25(18-20,27-4)28-5/h6-18H,19H2,1-5H3. The van der Waals surface area contributed by atoms with Crippen LogP contribution in [-0.2, 0) is 18.7 Å². The van der Waals surface area contributed by atoms with E-state index in [1.807, 2.05) is 12.1 Å². The lowest BCUT2D eigenvalue weighted by Crippen LogP contribution is -2.66. The van der Waals surface area contributed by atoms with Crippen LogP contribution in [0.1, 0.15) is 20.8 Å². The van der Waals surface area contributed by atoms with Crippen molar-refractivity contribution in [3.05, 3.63) is 84.5 Å². The van der Waals surface area contributed by atoms with Gasteiger partial charge in [-0.05, 0) is 33.1 Å². The normalized spacial score (nSPS) is 16.4. The molecule has 0 saturated heterocycles. The van der Waals surface area contributed by atoms with E-state index < -0.39 is 14.1 Å². The molecule has 0 amide bonds. The van der Waals surface area contributed by atoms with Gasteiger partial charge in [-0.15, -0.1) is 0 Å². The van der Waals surface area contributed by atoms with E-state index in [4.69, 9.17) is 13.9 Å². The van der Waals surface area contributed by atoms with Gasteiger partial charge in [-0.25, -0.2) is 0 Å². The number of carbonyl (C=O) groups excluding carboxylic acids is 1. The fourth-order valence-electron chi connectivity index (χ4n) is 4.11. The lowest BCUT2D eigenvalue weighted by Gasteiger charge is -2.43. The summed E-state index contributed by atoms with van der Waals surface area (Å²) >= 11 is 0. The molecule has 0 radical (unpaired) electrons. The molecule has 0 aromatic heterocycles. The van der Waals surface area contributed by atoms with Gasteiger partial charge in [0.2, 0.25) is 5.78 Å². The lowest BCUT2D eigenvalue weighted by atomic mass is 10.0. The van der Waals surface area contributed by atoms with Gasteiger partial charge in [0.1, 0.15) is 0 Å². The van der Waals surface area contributed by atoms with E-state index >= 15 is 0 Å². The first kappa shape index (κ1) is 22.4. The Kier molecular flexibility index (Phi) is 6.58. The van der Waals surface area contributed by atoms with Crippen molar-refractivity contribution in [3.8, 4) is 0 Å². The molecule has 0 saturated carbocycles. The van der Waals surface area contributed by atoms with E-state index in [1.165, 1.54) is 30.7 Å². The van der Waals surface area contributed by atoms with Crippen LogP contribution in [-0.4, -0.2) is 40.7 Å². The van der Waals surface area contributed by atoms with Crippen LogP contribution in [0.5, 0.6) is 0 Å².